The standard InChI is InChI=1S/C20H20ClN3O/c21-15-4-1-5-16(13-15)24-20(18(22)25)10-8-19(9-11-20)7-6-14-3-2-12-23-17(14)19/h1-7,12-13,24H,8-11H2,(H2,22,25). The van der Waals surface area contributed by atoms with Gasteiger partial charge in [0.1, 0.15) is 5.54 Å². The van der Waals surface area contributed by atoms with Crippen LogP contribution in [0, 0.1) is 0 Å². The van der Waals surface area contributed by atoms with Crippen molar-refractivity contribution < 1.29 is 4.79 Å². The first-order chi connectivity index (χ1) is 12.0. The molecule has 1 aromatic carbocycles. The number of hydrogen-bond donors (Lipinski definition) is 2. The Bertz CT molecular complexity index is 854. The molecule has 0 atom stereocenters. The number of carbonyl (C=O) groups is 1. The SMILES string of the molecule is NC(=O)C1(Nc2cccc(Cl)c2)CCC2(C=Cc3cccnc32)CC1. The number of carbonyl (C=O) groups excluding carboxylic acids is 1. The van der Waals surface area contributed by atoms with E-state index in [1.54, 1.807) is 0 Å². The lowest BCUT2D eigenvalue weighted by molar-refractivity contribution is -0.123. The molecule has 128 valence electrons. The summed E-state index contributed by atoms with van der Waals surface area (Å²) in [5, 5.41) is 3.99. The zero-order valence-electron chi connectivity index (χ0n) is 13.8. The van der Waals surface area contributed by atoms with Crippen molar-refractivity contribution in [3.8, 4) is 0 Å². The van der Waals surface area contributed by atoms with Crippen molar-refractivity contribution in [2.24, 2.45) is 5.73 Å². The van der Waals surface area contributed by atoms with Crippen molar-refractivity contribution in [1.82, 2.24) is 4.98 Å². The van der Waals surface area contributed by atoms with Crippen LogP contribution in [0.25, 0.3) is 6.08 Å². The maximum Gasteiger partial charge on any atom is 0.243 e. The van der Waals surface area contributed by atoms with E-state index in [-0.39, 0.29) is 11.3 Å². The average molecular weight is 354 g/mol. The lowest BCUT2D eigenvalue weighted by Gasteiger charge is -2.43. The van der Waals surface area contributed by atoms with Crippen LogP contribution in [0.3, 0.4) is 0 Å². The fourth-order valence-corrected chi connectivity index (χ4v) is 4.29. The van der Waals surface area contributed by atoms with Gasteiger partial charge >= 0.3 is 0 Å². The summed E-state index contributed by atoms with van der Waals surface area (Å²) in [6, 6.07) is 11.5. The van der Waals surface area contributed by atoms with Gasteiger partial charge in [0.2, 0.25) is 5.91 Å². The Morgan fingerprint density at radius 2 is 1.96 bits per heavy atom. The lowest BCUT2D eigenvalue weighted by Crippen LogP contribution is -2.54. The third kappa shape index (κ3) is 2.71. The number of pyridine rings is 1. The highest BCUT2D eigenvalue weighted by Gasteiger charge is 2.48. The van der Waals surface area contributed by atoms with Crippen molar-refractivity contribution >= 4 is 29.3 Å². The smallest absolute Gasteiger partial charge is 0.243 e. The van der Waals surface area contributed by atoms with E-state index in [4.69, 9.17) is 17.3 Å². The number of allylic oxidation sites excluding steroid dienone is 1. The Hall–Kier alpha value is -2.33. The summed E-state index contributed by atoms with van der Waals surface area (Å²) in [6.45, 7) is 0. The van der Waals surface area contributed by atoms with E-state index in [2.05, 4.69) is 28.5 Å². The predicted octanol–water partition coefficient (Wildman–Crippen LogP) is 3.91. The molecule has 2 aliphatic carbocycles. The molecule has 2 aromatic rings. The summed E-state index contributed by atoms with van der Waals surface area (Å²) in [5.74, 6) is -0.314. The number of rotatable bonds is 3. The molecule has 4 rings (SSSR count). The van der Waals surface area contributed by atoms with Gasteiger partial charge in [0.05, 0.1) is 5.69 Å². The molecule has 3 N–H and O–H groups in total. The zero-order chi connectivity index (χ0) is 17.5. The minimum Gasteiger partial charge on any atom is -0.371 e. The second-order valence-electron chi connectivity index (χ2n) is 7.01. The van der Waals surface area contributed by atoms with Crippen LogP contribution in [0.15, 0.2) is 48.7 Å². The van der Waals surface area contributed by atoms with Crippen LogP contribution in [0.2, 0.25) is 5.02 Å². The van der Waals surface area contributed by atoms with Crippen molar-refractivity contribution in [3.63, 3.8) is 0 Å². The molecular weight excluding hydrogens is 334 g/mol. The molecule has 25 heavy (non-hydrogen) atoms. The highest BCUT2D eigenvalue weighted by atomic mass is 35.5. The molecular formula is C20H20ClN3O. The number of anilines is 1. The van der Waals surface area contributed by atoms with Gasteiger partial charge in [-0.1, -0.05) is 35.9 Å². The minimum absolute atomic E-state index is 0.0778. The van der Waals surface area contributed by atoms with Gasteiger partial charge in [0.15, 0.2) is 0 Å². The molecule has 0 aliphatic heterocycles. The van der Waals surface area contributed by atoms with E-state index in [1.165, 1.54) is 5.56 Å². The molecule has 4 nitrogen and oxygen atoms in total. The number of benzene rings is 1. The number of halogens is 1. The van der Waals surface area contributed by atoms with E-state index >= 15 is 0 Å². The first kappa shape index (κ1) is 16.2. The molecule has 1 spiro atoms. The maximum absolute atomic E-state index is 12.3. The molecule has 1 heterocycles. The number of amides is 1. The first-order valence-electron chi connectivity index (χ1n) is 8.52. The third-order valence-electron chi connectivity index (χ3n) is 5.57. The Morgan fingerprint density at radius 3 is 2.68 bits per heavy atom. The summed E-state index contributed by atoms with van der Waals surface area (Å²) in [7, 11) is 0. The normalized spacial score (nSPS) is 27.2. The monoisotopic (exact) mass is 353 g/mol. The molecule has 0 radical (unpaired) electrons. The number of hydrogen-bond acceptors (Lipinski definition) is 3. The van der Waals surface area contributed by atoms with Crippen LogP contribution >= 0.6 is 11.6 Å². The van der Waals surface area contributed by atoms with Gasteiger partial charge in [-0.25, -0.2) is 0 Å². The number of primary amides is 1. The van der Waals surface area contributed by atoms with Crippen LogP contribution in [-0.4, -0.2) is 16.4 Å². The molecule has 2 aliphatic rings. The van der Waals surface area contributed by atoms with E-state index in [9.17, 15) is 4.79 Å². The highest BCUT2D eigenvalue weighted by molar-refractivity contribution is 6.30. The Balaban J connectivity index is 1.60. The second kappa shape index (κ2) is 5.88. The third-order valence-corrected chi connectivity index (χ3v) is 5.80. The van der Waals surface area contributed by atoms with Gasteiger partial charge in [-0.2, -0.15) is 0 Å². The molecule has 1 saturated carbocycles. The zero-order valence-corrected chi connectivity index (χ0v) is 14.6. The maximum atomic E-state index is 12.3. The van der Waals surface area contributed by atoms with Crippen LogP contribution in [0.5, 0.6) is 0 Å². The molecule has 0 unspecified atom stereocenters. The lowest BCUT2D eigenvalue weighted by atomic mass is 9.66. The summed E-state index contributed by atoms with van der Waals surface area (Å²) in [4.78, 5) is 16.9. The molecule has 5 heteroatoms. The quantitative estimate of drug-likeness (QED) is 0.879. The van der Waals surface area contributed by atoms with E-state index in [0.717, 1.165) is 24.2 Å². The topological polar surface area (TPSA) is 68.0 Å². The van der Waals surface area contributed by atoms with Gasteiger partial charge < -0.3 is 11.1 Å². The van der Waals surface area contributed by atoms with Crippen molar-refractivity contribution in [3.05, 3.63) is 65.0 Å². The van der Waals surface area contributed by atoms with Crippen LogP contribution in [0.4, 0.5) is 5.69 Å². The Kier molecular flexibility index (Phi) is 3.80. The van der Waals surface area contributed by atoms with Gasteiger partial charge in [0, 0.05) is 22.3 Å². The van der Waals surface area contributed by atoms with Crippen molar-refractivity contribution in [2.75, 3.05) is 5.32 Å². The average Bonchev–Trinajstić information content (AvgIpc) is 2.96. The molecule has 0 saturated heterocycles. The fourth-order valence-electron chi connectivity index (χ4n) is 4.10. The van der Waals surface area contributed by atoms with E-state index in [0.29, 0.717) is 17.9 Å². The fraction of sp³-hybridized carbons (Fsp3) is 0.300. The molecule has 1 amide bonds. The largest absolute Gasteiger partial charge is 0.371 e. The van der Waals surface area contributed by atoms with Crippen molar-refractivity contribution in [1.29, 1.82) is 0 Å². The number of fused-ring (bicyclic) bond motifs is 2. The predicted molar refractivity (Wildman–Crippen MR) is 100 cm³/mol. The number of nitrogens with one attached hydrogen (secondary N) is 1. The summed E-state index contributed by atoms with van der Waals surface area (Å²) in [5.41, 5.74) is 8.10. The summed E-state index contributed by atoms with van der Waals surface area (Å²) in [6.07, 6.45) is 9.23. The Morgan fingerprint density at radius 1 is 1.16 bits per heavy atom. The van der Waals surface area contributed by atoms with Gasteiger partial charge in [-0.15, -0.1) is 0 Å². The highest BCUT2D eigenvalue weighted by Crippen LogP contribution is 2.48. The van der Waals surface area contributed by atoms with Crippen LogP contribution in [0.1, 0.15) is 36.9 Å². The number of nitrogens with zero attached hydrogens (tertiary/aromatic N) is 1. The summed E-state index contributed by atoms with van der Waals surface area (Å²) < 4.78 is 0. The van der Waals surface area contributed by atoms with Crippen molar-refractivity contribution in [2.45, 2.75) is 36.6 Å². The van der Waals surface area contributed by atoms with Gasteiger partial charge in [-0.05, 0) is 55.5 Å². The summed E-state index contributed by atoms with van der Waals surface area (Å²) >= 11 is 6.07. The van der Waals surface area contributed by atoms with E-state index < -0.39 is 5.54 Å². The number of nitrogens with two attached hydrogens (primary N) is 1. The first-order valence-corrected chi connectivity index (χ1v) is 8.89. The van der Waals surface area contributed by atoms with Crippen LogP contribution in [-0.2, 0) is 10.2 Å². The van der Waals surface area contributed by atoms with E-state index in [1.807, 2.05) is 36.5 Å². The van der Waals surface area contributed by atoms with Gasteiger partial charge in [-0.3, -0.25) is 9.78 Å². The molecule has 1 fully saturated rings. The molecule has 0 bridgehead atoms. The van der Waals surface area contributed by atoms with Crippen LogP contribution < -0.4 is 11.1 Å². The second-order valence-corrected chi connectivity index (χ2v) is 7.45. The minimum atomic E-state index is -0.749. The Labute approximate surface area is 152 Å². The van der Waals surface area contributed by atoms with Gasteiger partial charge in [0.25, 0.3) is 0 Å². The number of aromatic nitrogens is 1. The molecule has 1 aromatic heterocycles.